The highest BCUT2D eigenvalue weighted by Gasteiger charge is 2.31. The zero-order valence-electron chi connectivity index (χ0n) is 11.9. The third-order valence-corrected chi connectivity index (χ3v) is 4.54. The van der Waals surface area contributed by atoms with Crippen molar-refractivity contribution in [1.82, 2.24) is 19.7 Å². The number of aliphatic hydroxyl groups excluding tert-OH is 1. The Morgan fingerprint density at radius 3 is 2.84 bits per heavy atom. The van der Waals surface area contributed by atoms with Gasteiger partial charge in [-0.05, 0) is 39.7 Å². The largest absolute Gasteiger partial charge is 0.396 e. The van der Waals surface area contributed by atoms with Crippen LogP contribution < -0.4 is 0 Å². The molecule has 1 saturated heterocycles. The molecule has 1 aromatic rings. The summed E-state index contributed by atoms with van der Waals surface area (Å²) >= 11 is 0. The van der Waals surface area contributed by atoms with Gasteiger partial charge in [-0.1, -0.05) is 0 Å². The Labute approximate surface area is 114 Å². The number of aryl methyl sites for hydroxylation is 1. The van der Waals surface area contributed by atoms with Gasteiger partial charge in [0.25, 0.3) is 0 Å². The minimum absolute atomic E-state index is 0.192. The maximum absolute atomic E-state index is 9.44. The molecule has 5 nitrogen and oxygen atoms in total. The highest BCUT2D eigenvalue weighted by Crippen LogP contribution is 2.30. The second kappa shape index (κ2) is 5.21. The molecule has 5 heteroatoms. The van der Waals surface area contributed by atoms with Crippen molar-refractivity contribution in [3.63, 3.8) is 0 Å². The van der Waals surface area contributed by atoms with Crippen LogP contribution in [-0.2, 0) is 6.54 Å². The van der Waals surface area contributed by atoms with Crippen LogP contribution in [0.25, 0.3) is 0 Å². The average Bonchev–Trinajstić information content (AvgIpc) is 3.04. The SMILES string of the molecule is CC(C)N1CCC(c2nc3n(n2)CCCC3CO)C1. The van der Waals surface area contributed by atoms with Gasteiger partial charge in [-0.25, -0.2) is 9.67 Å². The van der Waals surface area contributed by atoms with Gasteiger partial charge in [0.15, 0.2) is 5.82 Å². The first-order valence-electron chi connectivity index (χ1n) is 7.48. The van der Waals surface area contributed by atoms with E-state index in [1.165, 1.54) is 0 Å². The van der Waals surface area contributed by atoms with Gasteiger partial charge in [-0.15, -0.1) is 0 Å². The first kappa shape index (κ1) is 13.1. The number of hydrogen-bond donors (Lipinski definition) is 1. The average molecular weight is 264 g/mol. The topological polar surface area (TPSA) is 54.2 Å². The molecule has 2 unspecified atom stereocenters. The summed E-state index contributed by atoms with van der Waals surface area (Å²) in [6.07, 6.45) is 3.30. The minimum atomic E-state index is 0.192. The molecule has 0 aliphatic carbocycles. The van der Waals surface area contributed by atoms with E-state index in [9.17, 15) is 5.11 Å². The number of fused-ring (bicyclic) bond motifs is 1. The first-order valence-corrected chi connectivity index (χ1v) is 7.48. The molecule has 2 aliphatic heterocycles. The molecular weight excluding hydrogens is 240 g/mol. The number of aromatic nitrogens is 3. The summed E-state index contributed by atoms with van der Waals surface area (Å²) in [5.41, 5.74) is 0. The van der Waals surface area contributed by atoms with Crippen LogP contribution in [0.2, 0.25) is 0 Å². The second-order valence-electron chi connectivity index (χ2n) is 6.15. The minimum Gasteiger partial charge on any atom is -0.396 e. The van der Waals surface area contributed by atoms with Gasteiger partial charge in [0.05, 0.1) is 6.61 Å². The Hall–Kier alpha value is -0.940. The zero-order chi connectivity index (χ0) is 13.4. The molecule has 0 saturated carbocycles. The van der Waals surface area contributed by atoms with Gasteiger partial charge in [0.1, 0.15) is 5.82 Å². The lowest BCUT2D eigenvalue weighted by Gasteiger charge is -2.19. The molecule has 2 aliphatic rings. The molecule has 19 heavy (non-hydrogen) atoms. The Bertz CT molecular complexity index is 443. The predicted octanol–water partition coefficient (Wildman–Crippen LogP) is 1.35. The fourth-order valence-corrected chi connectivity index (χ4v) is 3.27. The first-order chi connectivity index (χ1) is 9.19. The molecule has 0 spiro atoms. The molecule has 0 aromatic carbocycles. The van der Waals surface area contributed by atoms with Crippen LogP contribution in [-0.4, -0.2) is 50.5 Å². The van der Waals surface area contributed by atoms with Crippen molar-refractivity contribution in [2.45, 2.75) is 57.5 Å². The standard InChI is InChI=1S/C14H24N4O/c1-10(2)17-7-5-11(8-17)13-15-14-12(9-19)4-3-6-18(14)16-13/h10-12,19H,3-9H2,1-2H3. The number of aliphatic hydroxyl groups is 1. The fourth-order valence-electron chi connectivity index (χ4n) is 3.27. The van der Waals surface area contributed by atoms with Crippen molar-refractivity contribution in [2.24, 2.45) is 0 Å². The molecule has 106 valence electrons. The fraction of sp³-hybridized carbons (Fsp3) is 0.857. The lowest BCUT2D eigenvalue weighted by atomic mass is 10.0. The summed E-state index contributed by atoms with van der Waals surface area (Å²) in [5, 5.41) is 14.1. The summed E-state index contributed by atoms with van der Waals surface area (Å²) in [7, 11) is 0. The molecule has 3 rings (SSSR count). The number of likely N-dealkylation sites (tertiary alicyclic amines) is 1. The van der Waals surface area contributed by atoms with Crippen molar-refractivity contribution in [3.8, 4) is 0 Å². The third-order valence-electron chi connectivity index (χ3n) is 4.54. The lowest BCUT2D eigenvalue weighted by Crippen LogP contribution is -2.28. The maximum Gasteiger partial charge on any atom is 0.155 e. The smallest absolute Gasteiger partial charge is 0.155 e. The molecule has 0 amide bonds. The van der Waals surface area contributed by atoms with Crippen molar-refractivity contribution >= 4 is 0 Å². The van der Waals surface area contributed by atoms with Crippen LogP contribution in [0.15, 0.2) is 0 Å². The van der Waals surface area contributed by atoms with Gasteiger partial charge >= 0.3 is 0 Å². The van der Waals surface area contributed by atoms with E-state index < -0.39 is 0 Å². The van der Waals surface area contributed by atoms with E-state index in [2.05, 4.69) is 18.7 Å². The van der Waals surface area contributed by atoms with E-state index in [0.29, 0.717) is 12.0 Å². The molecule has 2 atom stereocenters. The Kier molecular flexibility index (Phi) is 3.58. The van der Waals surface area contributed by atoms with Gasteiger partial charge in [-0.2, -0.15) is 5.10 Å². The van der Waals surface area contributed by atoms with Crippen LogP contribution in [0, 0.1) is 0 Å². The quantitative estimate of drug-likeness (QED) is 0.895. The van der Waals surface area contributed by atoms with E-state index in [-0.39, 0.29) is 12.5 Å². The Morgan fingerprint density at radius 1 is 1.32 bits per heavy atom. The van der Waals surface area contributed by atoms with E-state index >= 15 is 0 Å². The van der Waals surface area contributed by atoms with Gasteiger partial charge in [0.2, 0.25) is 0 Å². The van der Waals surface area contributed by atoms with Crippen LogP contribution in [0.1, 0.15) is 56.6 Å². The van der Waals surface area contributed by atoms with E-state index in [1.807, 2.05) is 4.68 Å². The van der Waals surface area contributed by atoms with Crippen molar-refractivity contribution in [1.29, 1.82) is 0 Å². The molecular formula is C14H24N4O. The van der Waals surface area contributed by atoms with Crippen LogP contribution in [0.3, 0.4) is 0 Å². The van der Waals surface area contributed by atoms with E-state index in [1.54, 1.807) is 0 Å². The van der Waals surface area contributed by atoms with Gasteiger partial charge in [-0.3, -0.25) is 0 Å². The highest BCUT2D eigenvalue weighted by molar-refractivity contribution is 5.08. The normalized spacial score (nSPS) is 28.0. The summed E-state index contributed by atoms with van der Waals surface area (Å²) in [6.45, 7) is 7.87. The molecule has 3 heterocycles. The number of nitrogens with zero attached hydrogens (tertiary/aromatic N) is 4. The lowest BCUT2D eigenvalue weighted by molar-refractivity contribution is 0.234. The van der Waals surface area contributed by atoms with Gasteiger partial charge in [0, 0.05) is 31.0 Å². The summed E-state index contributed by atoms with van der Waals surface area (Å²) < 4.78 is 2.03. The third kappa shape index (κ3) is 2.41. The van der Waals surface area contributed by atoms with Crippen LogP contribution in [0.5, 0.6) is 0 Å². The van der Waals surface area contributed by atoms with Crippen LogP contribution >= 0.6 is 0 Å². The molecule has 1 fully saturated rings. The second-order valence-corrected chi connectivity index (χ2v) is 6.15. The Balaban J connectivity index is 1.78. The molecule has 0 bridgehead atoms. The van der Waals surface area contributed by atoms with E-state index in [0.717, 1.165) is 50.5 Å². The molecule has 0 radical (unpaired) electrons. The summed E-state index contributed by atoms with van der Waals surface area (Å²) in [4.78, 5) is 7.24. The highest BCUT2D eigenvalue weighted by atomic mass is 16.3. The van der Waals surface area contributed by atoms with Crippen molar-refractivity contribution < 1.29 is 5.11 Å². The summed E-state index contributed by atoms with van der Waals surface area (Å²) in [6, 6.07) is 0.604. The van der Waals surface area contributed by atoms with E-state index in [4.69, 9.17) is 10.1 Å². The maximum atomic E-state index is 9.44. The number of rotatable bonds is 3. The molecule has 1 N–H and O–H groups in total. The van der Waals surface area contributed by atoms with Gasteiger partial charge < -0.3 is 10.0 Å². The Morgan fingerprint density at radius 2 is 2.16 bits per heavy atom. The number of hydrogen-bond acceptors (Lipinski definition) is 4. The van der Waals surface area contributed by atoms with Crippen molar-refractivity contribution in [2.75, 3.05) is 19.7 Å². The predicted molar refractivity (Wildman–Crippen MR) is 73.1 cm³/mol. The molecule has 1 aromatic heterocycles. The van der Waals surface area contributed by atoms with Crippen molar-refractivity contribution in [3.05, 3.63) is 11.6 Å². The van der Waals surface area contributed by atoms with Crippen LogP contribution in [0.4, 0.5) is 0 Å². The monoisotopic (exact) mass is 264 g/mol. The zero-order valence-corrected chi connectivity index (χ0v) is 11.9. The summed E-state index contributed by atoms with van der Waals surface area (Å²) in [5.74, 6) is 2.67.